The van der Waals surface area contributed by atoms with Gasteiger partial charge in [0.15, 0.2) is 0 Å². The van der Waals surface area contributed by atoms with Crippen LogP contribution in [-0.4, -0.2) is 5.11 Å². The van der Waals surface area contributed by atoms with Gasteiger partial charge in [0.2, 0.25) is 0 Å². The molecule has 0 unspecified atom stereocenters. The molecule has 0 aliphatic heterocycles. The summed E-state index contributed by atoms with van der Waals surface area (Å²) in [6.07, 6.45) is 1.19. The molecule has 1 aromatic rings. The van der Waals surface area contributed by atoms with Gasteiger partial charge in [-0.25, -0.2) is 0 Å². The average Bonchev–Trinajstić information content (AvgIpc) is 2.07. The van der Waals surface area contributed by atoms with E-state index in [1.54, 1.807) is 0 Å². The molecule has 1 aromatic carbocycles. The van der Waals surface area contributed by atoms with Gasteiger partial charge < -0.3 is 5.11 Å². The van der Waals surface area contributed by atoms with Gasteiger partial charge in [-0.15, -0.1) is 0 Å². The third-order valence-electron chi connectivity index (χ3n) is 1.87. The zero-order valence-corrected chi connectivity index (χ0v) is 7.49. The van der Waals surface area contributed by atoms with Crippen LogP contribution in [0.1, 0.15) is 19.4 Å². The summed E-state index contributed by atoms with van der Waals surface area (Å²) in [5, 5.41) is 8.99. The molecule has 1 heteroatoms. The summed E-state index contributed by atoms with van der Waals surface area (Å²) in [5.74, 6) is 0.359. The van der Waals surface area contributed by atoms with Crippen LogP contribution in [0.2, 0.25) is 0 Å². The lowest BCUT2D eigenvalue weighted by Gasteiger charge is -2.08. The number of benzene rings is 1. The number of allylic oxidation sites excluding steroid dienone is 1. The largest absolute Gasteiger partial charge is 0.515 e. The van der Waals surface area contributed by atoms with Gasteiger partial charge in [0.05, 0.1) is 6.26 Å². The Morgan fingerprint density at radius 3 is 2.25 bits per heavy atom. The van der Waals surface area contributed by atoms with E-state index in [1.165, 1.54) is 6.26 Å². The van der Waals surface area contributed by atoms with Crippen molar-refractivity contribution in [1.29, 1.82) is 0 Å². The molecule has 1 N–H and O–H groups in total. The lowest BCUT2D eigenvalue weighted by molar-refractivity contribution is 0.471. The van der Waals surface area contributed by atoms with E-state index in [2.05, 4.69) is 13.8 Å². The summed E-state index contributed by atoms with van der Waals surface area (Å²) in [6, 6.07) is 9.92. The van der Waals surface area contributed by atoms with Crippen molar-refractivity contribution in [3.05, 3.63) is 42.2 Å². The Morgan fingerprint density at radius 2 is 1.83 bits per heavy atom. The minimum absolute atomic E-state index is 0.359. The first-order chi connectivity index (χ1) is 5.75. The van der Waals surface area contributed by atoms with Crippen molar-refractivity contribution in [2.75, 3.05) is 0 Å². The van der Waals surface area contributed by atoms with Crippen LogP contribution >= 0.6 is 0 Å². The lowest BCUT2D eigenvalue weighted by Crippen LogP contribution is -1.92. The summed E-state index contributed by atoms with van der Waals surface area (Å²) in [6.45, 7) is 4.13. The predicted molar refractivity (Wildman–Crippen MR) is 51.9 cm³/mol. The van der Waals surface area contributed by atoms with E-state index in [0.29, 0.717) is 5.92 Å². The van der Waals surface area contributed by atoms with Crippen LogP contribution in [0, 0.1) is 5.92 Å². The molecule has 0 aromatic heterocycles. The predicted octanol–water partition coefficient (Wildman–Crippen LogP) is 3.24. The van der Waals surface area contributed by atoms with Crippen LogP contribution in [0.5, 0.6) is 0 Å². The van der Waals surface area contributed by atoms with E-state index in [1.807, 2.05) is 30.3 Å². The topological polar surface area (TPSA) is 20.2 Å². The minimum atomic E-state index is 0.359. The Balaban J connectivity index is 2.97. The van der Waals surface area contributed by atoms with Crippen LogP contribution in [0.4, 0.5) is 0 Å². The second kappa shape index (κ2) is 3.96. The zero-order valence-electron chi connectivity index (χ0n) is 7.49. The van der Waals surface area contributed by atoms with Crippen LogP contribution in [0.15, 0.2) is 36.6 Å². The number of hydrogen-bond donors (Lipinski definition) is 1. The fraction of sp³-hybridized carbons (Fsp3) is 0.273. The third kappa shape index (κ3) is 1.88. The van der Waals surface area contributed by atoms with Gasteiger partial charge in [-0.05, 0) is 17.1 Å². The Hall–Kier alpha value is -1.24. The van der Waals surface area contributed by atoms with Crippen molar-refractivity contribution in [2.24, 2.45) is 5.92 Å². The van der Waals surface area contributed by atoms with Crippen LogP contribution in [0.25, 0.3) is 5.57 Å². The SMILES string of the molecule is CC(C)/C(=C/O)c1ccccc1. The smallest absolute Gasteiger partial charge is 0.0832 e. The van der Waals surface area contributed by atoms with E-state index < -0.39 is 0 Å². The molecule has 12 heavy (non-hydrogen) atoms. The molecule has 0 radical (unpaired) electrons. The van der Waals surface area contributed by atoms with Crippen molar-refractivity contribution in [2.45, 2.75) is 13.8 Å². The molecule has 0 saturated heterocycles. The highest BCUT2D eigenvalue weighted by atomic mass is 16.2. The quantitative estimate of drug-likeness (QED) is 0.662. The molecule has 0 fully saturated rings. The highest BCUT2D eigenvalue weighted by molar-refractivity contribution is 5.65. The van der Waals surface area contributed by atoms with E-state index >= 15 is 0 Å². The number of hydrogen-bond acceptors (Lipinski definition) is 1. The normalized spacial score (nSPS) is 12.1. The van der Waals surface area contributed by atoms with E-state index in [-0.39, 0.29) is 0 Å². The van der Waals surface area contributed by atoms with Crippen molar-refractivity contribution >= 4 is 5.57 Å². The lowest BCUT2D eigenvalue weighted by atomic mass is 9.97. The highest BCUT2D eigenvalue weighted by Crippen LogP contribution is 2.21. The maximum Gasteiger partial charge on any atom is 0.0832 e. The van der Waals surface area contributed by atoms with Gasteiger partial charge in [-0.2, -0.15) is 0 Å². The summed E-state index contributed by atoms with van der Waals surface area (Å²) in [7, 11) is 0. The molecule has 64 valence electrons. The second-order valence-electron chi connectivity index (χ2n) is 3.11. The Kier molecular flexibility index (Phi) is 2.92. The first kappa shape index (κ1) is 8.85. The maximum absolute atomic E-state index is 8.99. The molecule has 0 heterocycles. The molecular formula is C11H14O. The van der Waals surface area contributed by atoms with Gasteiger partial charge in [0.1, 0.15) is 0 Å². The van der Waals surface area contributed by atoms with Crippen LogP contribution in [0.3, 0.4) is 0 Å². The highest BCUT2D eigenvalue weighted by Gasteiger charge is 2.04. The monoisotopic (exact) mass is 162 g/mol. The summed E-state index contributed by atoms with van der Waals surface area (Å²) >= 11 is 0. The Labute approximate surface area is 73.4 Å². The molecule has 0 bridgehead atoms. The van der Waals surface area contributed by atoms with Crippen LogP contribution < -0.4 is 0 Å². The van der Waals surface area contributed by atoms with Crippen molar-refractivity contribution in [1.82, 2.24) is 0 Å². The number of rotatable bonds is 2. The van der Waals surface area contributed by atoms with Crippen LogP contribution in [-0.2, 0) is 0 Å². The van der Waals surface area contributed by atoms with E-state index in [0.717, 1.165) is 11.1 Å². The van der Waals surface area contributed by atoms with E-state index in [9.17, 15) is 0 Å². The third-order valence-corrected chi connectivity index (χ3v) is 1.87. The van der Waals surface area contributed by atoms with Gasteiger partial charge in [-0.1, -0.05) is 44.2 Å². The second-order valence-corrected chi connectivity index (χ2v) is 3.11. The first-order valence-corrected chi connectivity index (χ1v) is 4.15. The molecule has 0 atom stereocenters. The Morgan fingerprint density at radius 1 is 1.25 bits per heavy atom. The standard InChI is InChI=1S/C11H14O/c1-9(2)11(8-12)10-6-4-3-5-7-10/h3-9,12H,1-2H3/b11-8-. The summed E-state index contributed by atoms with van der Waals surface area (Å²) < 4.78 is 0. The fourth-order valence-corrected chi connectivity index (χ4v) is 1.19. The molecule has 0 saturated carbocycles. The zero-order chi connectivity index (χ0) is 8.97. The molecule has 0 amide bonds. The number of aliphatic hydroxyl groups excluding tert-OH is 1. The van der Waals surface area contributed by atoms with Crippen molar-refractivity contribution in [3.8, 4) is 0 Å². The van der Waals surface area contributed by atoms with Gasteiger partial charge in [0.25, 0.3) is 0 Å². The van der Waals surface area contributed by atoms with Crippen molar-refractivity contribution < 1.29 is 5.11 Å². The maximum atomic E-state index is 8.99. The van der Waals surface area contributed by atoms with E-state index in [4.69, 9.17) is 5.11 Å². The minimum Gasteiger partial charge on any atom is -0.515 e. The van der Waals surface area contributed by atoms with Gasteiger partial charge in [-0.3, -0.25) is 0 Å². The Bertz CT molecular complexity index is 260. The van der Waals surface area contributed by atoms with Crippen molar-refractivity contribution in [3.63, 3.8) is 0 Å². The molecule has 1 rings (SSSR count). The molecule has 1 nitrogen and oxygen atoms in total. The molecule has 0 aliphatic carbocycles. The number of aliphatic hydroxyl groups is 1. The van der Waals surface area contributed by atoms with Gasteiger partial charge >= 0.3 is 0 Å². The molecule has 0 spiro atoms. The molecular weight excluding hydrogens is 148 g/mol. The average molecular weight is 162 g/mol. The van der Waals surface area contributed by atoms with Gasteiger partial charge in [0, 0.05) is 0 Å². The summed E-state index contributed by atoms with van der Waals surface area (Å²) in [4.78, 5) is 0. The summed E-state index contributed by atoms with van der Waals surface area (Å²) in [5.41, 5.74) is 2.07. The first-order valence-electron chi connectivity index (χ1n) is 4.15. The molecule has 0 aliphatic rings. The fourth-order valence-electron chi connectivity index (χ4n) is 1.19.